The molecule has 1 N–H and O–H groups in total. The van der Waals surface area contributed by atoms with Crippen molar-refractivity contribution in [1.82, 2.24) is 15.2 Å². The van der Waals surface area contributed by atoms with Crippen LogP contribution in [0.1, 0.15) is 17.6 Å². The second kappa shape index (κ2) is 3.62. The second-order valence-corrected chi connectivity index (χ2v) is 4.25. The zero-order valence-corrected chi connectivity index (χ0v) is 9.46. The topological polar surface area (TPSA) is 54.7 Å². The smallest absolute Gasteiger partial charge is 0.284 e. The van der Waals surface area contributed by atoms with Crippen LogP contribution in [0.2, 0.25) is 0 Å². The van der Waals surface area contributed by atoms with E-state index in [1.807, 2.05) is 6.92 Å². The van der Waals surface area contributed by atoms with Crippen molar-refractivity contribution in [2.45, 2.75) is 20.3 Å². The number of hydrogen-bond acceptors (Lipinski definition) is 5. The number of aromatic nitrogens is 3. The zero-order chi connectivity index (χ0) is 10.1. The van der Waals surface area contributed by atoms with E-state index in [9.17, 15) is 0 Å². The Morgan fingerprint density at radius 1 is 1.57 bits per heavy atom. The predicted octanol–water partition coefficient (Wildman–Crippen LogP) is 2.73. The van der Waals surface area contributed by atoms with Crippen LogP contribution in [0, 0.1) is 11.8 Å². The summed E-state index contributed by atoms with van der Waals surface area (Å²) in [6.07, 6.45) is 0.927. The van der Waals surface area contributed by atoms with E-state index in [0.29, 0.717) is 10.7 Å². The lowest BCUT2D eigenvalue weighted by molar-refractivity contribution is 0.553. The maximum atomic E-state index is 5.23. The van der Waals surface area contributed by atoms with Crippen LogP contribution >= 0.6 is 23.6 Å². The van der Waals surface area contributed by atoms with Crippen LogP contribution in [-0.2, 0) is 6.42 Å². The maximum Gasteiger partial charge on any atom is 0.284 e. The summed E-state index contributed by atoms with van der Waals surface area (Å²) in [6, 6.07) is 0. The molecule has 2 aromatic rings. The summed E-state index contributed by atoms with van der Waals surface area (Å²) in [7, 11) is 0. The van der Waals surface area contributed by atoms with E-state index in [4.69, 9.17) is 16.6 Å². The normalized spacial score (nSPS) is 10.7. The minimum atomic E-state index is 0.297. The number of H-pyrrole nitrogens is 1. The number of aromatic amines is 1. The fourth-order valence-corrected chi connectivity index (χ4v) is 2.18. The molecule has 0 saturated carbocycles. The second-order valence-electron chi connectivity index (χ2n) is 2.79. The highest BCUT2D eigenvalue weighted by Crippen LogP contribution is 2.28. The van der Waals surface area contributed by atoms with Gasteiger partial charge in [0.15, 0.2) is 0 Å². The summed E-state index contributed by atoms with van der Waals surface area (Å²) in [4.78, 5) is 5.64. The highest BCUT2D eigenvalue weighted by molar-refractivity contribution is 7.71. The molecule has 4 nitrogen and oxygen atoms in total. The molecule has 0 atom stereocenters. The van der Waals surface area contributed by atoms with Crippen molar-refractivity contribution < 1.29 is 4.42 Å². The first-order chi connectivity index (χ1) is 6.70. The van der Waals surface area contributed by atoms with E-state index in [-0.39, 0.29) is 0 Å². The van der Waals surface area contributed by atoms with Crippen molar-refractivity contribution in [3.05, 3.63) is 15.5 Å². The fraction of sp³-hybridized carbons (Fsp3) is 0.375. The summed E-state index contributed by atoms with van der Waals surface area (Å²) < 4.78 is 5.23. The van der Waals surface area contributed by atoms with Crippen LogP contribution in [0.4, 0.5) is 0 Å². The van der Waals surface area contributed by atoms with Gasteiger partial charge in [-0.25, -0.2) is 10.1 Å². The molecule has 14 heavy (non-hydrogen) atoms. The third kappa shape index (κ3) is 1.62. The van der Waals surface area contributed by atoms with Gasteiger partial charge in [-0.05, 0) is 25.6 Å². The van der Waals surface area contributed by atoms with Crippen molar-refractivity contribution in [2.24, 2.45) is 0 Å². The average Bonchev–Trinajstić information content (AvgIpc) is 2.71. The molecule has 0 saturated heterocycles. The van der Waals surface area contributed by atoms with Gasteiger partial charge in [0.25, 0.3) is 10.7 Å². The molecular formula is C8H9N3OS2. The number of nitrogens with zero attached hydrogens (tertiary/aromatic N) is 2. The van der Waals surface area contributed by atoms with Gasteiger partial charge < -0.3 is 4.42 Å². The van der Waals surface area contributed by atoms with Gasteiger partial charge in [-0.2, -0.15) is 0 Å². The van der Waals surface area contributed by atoms with E-state index in [1.54, 1.807) is 11.3 Å². The van der Waals surface area contributed by atoms with Crippen LogP contribution < -0.4 is 0 Å². The van der Waals surface area contributed by atoms with E-state index in [0.717, 1.165) is 22.0 Å². The lowest BCUT2D eigenvalue weighted by Gasteiger charge is -1.86. The van der Waals surface area contributed by atoms with Crippen LogP contribution in [-0.4, -0.2) is 15.2 Å². The fourth-order valence-electron chi connectivity index (χ4n) is 1.13. The molecule has 0 aromatic carbocycles. The van der Waals surface area contributed by atoms with Gasteiger partial charge in [0.2, 0.25) is 0 Å². The molecule has 74 valence electrons. The number of rotatable bonds is 2. The van der Waals surface area contributed by atoms with E-state index < -0.39 is 0 Å². The molecule has 0 aliphatic heterocycles. The minimum absolute atomic E-state index is 0.297. The number of aryl methyl sites for hydroxylation is 2. The predicted molar refractivity (Wildman–Crippen MR) is 56.9 cm³/mol. The molecule has 0 aliphatic rings. The summed E-state index contributed by atoms with van der Waals surface area (Å²) in [5, 5.41) is 7.65. The summed E-state index contributed by atoms with van der Waals surface area (Å²) in [6.45, 7) is 4.01. The van der Waals surface area contributed by atoms with Gasteiger partial charge in [0.1, 0.15) is 4.88 Å². The number of thiazole rings is 1. The Hall–Kier alpha value is -1.01. The van der Waals surface area contributed by atoms with Gasteiger partial charge in [-0.3, -0.25) is 0 Å². The molecule has 2 rings (SSSR count). The Balaban J connectivity index is 2.50. The van der Waals surface area contributed by atoms with Crippen molar-refractivity contribution in [3.63, 3.8) is 0 Å². The first kappa shape index (κ1) is 9.54. The Bertz CT molecular complexity index is 497. The molecular weight excluding hydrogens is 218 g/mol. The van der Waals surface area contributed by atoms with Gasteiger partial charge in [0.05, 0.1) is 10.7 Å². The highest BCUT2D eigenvalue weighted by atomic mass is 32.1. The lowest BCUT2D eigenvalue weighted by atomic mass is 10.4. The molecule has 0 radical (unpaired) electrons. The monoisotopic (exact) mass is 227 g/mol. The van der Waals surface area contributed by atoms with Crippen molar-refractivity contribution >= 4 is 23.6 Å². The SMILES string of the molecule is CCc1nc(C)c(-c2n[nH]c(=S)o2)s1. The third-order valence-corrected chi connectivity index (χ3v) is 3.24. The largest absolute Gasteiger partial charge is 0.408 e. The van der Waals surface area contributed by atoms with Crippen molar-refractivity contribution in [1.29, 1.82) is 0 Å². The van der Waals surface area contributed by atoms with E-state index in [2.05, 4.69) is 22.1 Å². The molecule has 0 fully saturated rings. The number of hydrogen-bond donors (Lipinski definition) is 1. The van der Waals surface area contributed by atoms with Gasteiger partial charge >= 0.3 is 0 Å². The van der Waals surface area contributed by atoms with Crippen LogP contribution in [0.5, 0.6) is 0 Å². The first-order valence-electron chi connectivity index (χ1n) is 4.23. The molecule has 6 heteroatoms. The minimum Gasteiger partial charge on any atom is -0.408 e. The highest BCUT2D eigenvalue weighted by Gasteiger charge is 2.12. The molecule has 2 heterocycles. The number of nitrogens with one attached hydrogen (secondary N) is 1. The quantitative estimate of drug-likeness (QED) is 0.801. The first-order valence-corrected chi connectivity index (χ1v) is 5.45. The lowest BCUT2D eigenvalue weighted by Crippen LogP contribution is -1.78. The Morgan fingerprint density at radius 2 is 2.36 bits per heavy atom. The Labute approximate surface area is 90.0 Å². The molecule has 0 unspecified atom stereocenters. The van der Waals surface area contributed by atoms with Crippen molar-refractivity contribution in [3.8, 4) is 10.8 Å². The standard InChI is InChI=1S/C8H9N3OS2/c1-3-5-9-4(2)6(14-5)7-10-11-8(13)12-7/h3H2,1-2H3,(H,11,13). The molecule has 0 aliphatic carbocycles. The molecule has 0 bridgehead atoms. The van der Waals surface area contributed by atoms with Crippen molar-refractivity contribution in [2.75, 3.05) is 0 Å². The Morgan fingerprint density at radius 3 is 2.86 bits per heavy atom. The average molecular weight is 227 g/mol. The van der Waals surface area contributed by atoms with E-state index in [1.165, 1.54) is 0 Å². The third-order valence-electron chi connectivity index (χ3n) is 1.78. The van der Waals surface area contributed by atoms with E-state index >= 15 is 0 Å². The summed E-state index contributed by atoms with van der Waals surface area (Å²) >= 11 is 6.40. The zero-order valence-electron chi connectivity index (χ0n) is 7.83. The maximum absolute atomic E-state index is 5.23. The van der Waals surface area contributed by atoms with Crippen LogP contribution in [0.3, 0.4) is 0 Å². The van der Waals surface area contributed by atoms with Crippen LogP contribution in [0.15, 0.2) is 4.42 Å². The van der Waals surface area contributed by atoms with Gasteiger partial charge in [0, 0.05) is 0 Å². The van der Waals surface area contributed by atoms with Gasteiger partial charge in [-0.15, -0.1) is 16.4 Å². The summed E-state index contributed by atoms with van der Waals surface area (Å²) in [5.41, 5.74) is 0.942. The molecule has 2 aromatic heterocycles. The van der Waals surface area contributed by atoms with Gasteiger partial charge in [-0.1, -0.05) is 6.92 Å². The van der Waals surface area contributed by atoms with Crippen LogP contribution in [0.25, 0.3) is 10.8 Å². The molecule has 0 amide bonds. The molecule has 0 spiro atoms. The Kier molecular flexibility index (Phi) is 2.47. The summed E-state index contributed by atoms with van der Waals surface area (Å²) in [5.74, 6) is 0.532.